The van der Waals surface area contributed by atoms with Gasteiger partial charge in [0.15, 0.2) is 0 Å². The molecule has 2 unspecified atom stereocenters. The van der Waals surface area contributed by atoms with E-state index in [-0.39, 0.29) is 12.0 Å². The zero-order chi connectivity index (χ0) is 11.6. The van der Waals surface area contributed by atoms with E-state index in [0.717, 1.165) is 15.1 Å². The summed E-state index contributed by atoms with van der Waals surface area (Å²) in [6, 6.07) is 6.11. The molecular formula is C12H17BrClN. The van der Waals surface area contributed by atoms with Crippen molar-refractivity contribution in [3.05, 3.63) is 33.3 Å². The number of hydrogen-bond donors (Lipinski definition) is 1. The van der Waals surface area contributed by atoms with Crippen molar-refractivity contribution in [3.63, 3.8) is 0 Å². The van der Waals surface area contributed by atoms with Crippen LogP contribution >= 0.6 is 27.5 Å². The van der Waals surface area contributed by atoms with Crippen LogP contribution in [-0.2, 0) is 0 Å². The molecule has 0 spiro atoms. The van der Waals surface area contributed by atoms with Crippen molar-refractivity contribution >= 4 is 27.5 Å². The molecule has 2 atom stereocenters. The van der Waals surface area contributed by atoms with E-state index in [2.05, 4.69) is 36.7 Å². The Hall–Kier alpha value is -0.0500. The summed E-state index contributed by atoms with van der Waals surface area (Å²) in [5.41, 5.74) is 7.25. The molecule has 0 aromatic heterocycles. The second kappa shape index (κ2) is 5.33. The standard InChI is InChI=1S/C12H17BrClN/c1-7(2)12(15)8(3)10-5-4-9(13)6-11(10)14/h4-8,12H,15H2,1-3H3. The first-order valence-corrected chi connectivity index (χ1v) is 6.31. The quantitative estimate of drug-likeness (QED) is 0.887. The van der Waals surface area contributed by atoms with Gasteiger partial charge in [0.25, 0.3) is 0 Å². The zero-order valence-corrected chi connectivity index (χ0v) is 11.6. The maximum absolute atomic E-state index is 6.19. The van der Waals surface area contributed by atoms with Crippen molar-refractivity contribution in [1.82, 2.24) is 0 Å². The molecule has 0 heterocycles. The SMILES string of the molecule is CC(C)C(N)C(C)c1ccc(Br)cc1Cl. The minimum atomic E-state index is 0.142. The predicted octanol–water partition coefficient (Wildman–Crippen LogP) is 4.19. The van der Waals surface area contributed by atoms with Crippen molar-refractivity contribution in [1.29, 1.82) is 0 Å². The molecule has 0 aliphatic heterocycles. The van der Waals surface area contributed by atoms with Crippen LogP contribution in [0.5, 0.6) is 0 Å². The minimum absolute atomic E-state index is 0.142. The molecule has 15 heavy (non-hydrogen) atoms. The van der Waals surface area contributed by atoms with Crippen LogP contribution in [0.25, 0.3) is 0 Å². The Morgan fingerprint density at radius 1 is 1.27 bits per heavy atom. The van der Waals surface area contributed by atoms with Crippen LogP contribution in [-0.4, -0.2) is 6.04 Å². The van der Waals surface area contributed by atoms with E-state index in [9.17, 15) is 0 Å². The van der Waals surface area contributed by atoms with E-state index in [1.165, 1.54) is 0 Å². The molecule has 1 nitrogen and oxygen atoms in total. The summed E-state index contributed by atoms with van der Waals surface area (Å²) in [6.45, 7) is 6.39. The first-order chi connectivity index (χ1) is 6.93. The molecule has 84 valence electrons. The van der Waals surface area contributed by atoms with Crippen LogP contribution in [0.1, 0.15) is 32.3 Å². The lowest BCUT2D eigenvalue weighted by Gasteiger charge is -2.24. The highest BCUT2D eigenvalue weighted by atomic mass is 79.9. The summed E-state index contributed by atoms with van der Waals surface area (Å²) in [7, 11) is 0. The molecule has 0 aliphatic carbocycles. The molecule has 0 aliphatic rings. The molecule has 0 amide bonds. The average molecular weight is 291 g/mol. The number of benzene rings is 1. The largest absolute Gasteiger partial charge is 0.327 e. The fourth-order valence-electron chi connectivity index (χ4n) is 1.66. The number of halogens is 2. The van der Waals surface area contributed by atoms with Gasteiger partial charge in [0.05, 0.1) is 0 Å². The van der Waals surface area contributed by atoms with E-state index < -0.39 is 0 Å². The normalized spacial score (nSPS) is 15.4. The molecule has 0 saturated carbocycles. The van der Waals surface area contributed by atoms with Gasteiger partial charge in [0.1, 0.15) is 0 Å². The molecule has 0 radical (unpaired) electrons. The second-order valence-electron chi connectivity index (χ2n) is 4.28. The lowest BCUT2D eigenvalue weighted by Crippen LogP contribution is -2.32. The van der Waals surface area contributed by atoms with Crippen molar-refractivity contribution in [2.45, 2.75) is 32.7 Å². The fraction of sp³-hybridized carbons (Fsp3) is 0.500. The lowest BCUT2D eigenvalue weighted by molar-refractivity contribution is 0.434. The molecule has 1 rings (SSSR count). The van der Waals surface area contributed by atoms with Crippen LogP contribution in [0.2, 0.25) is 5.02 Å². The van der Waals surface area contributed by atoms with Crippen molar-refractivity contribution in [3.8, 4) is 0 Å². The minimum Gasteiger partial charge on any atom is -0.327 e. The Morgan fingerprint density at radius 3 is 2.33 bits per heavy atom. The maximum Gasteiger partial charge on any atom is 0.0452 e. The fourth-order valence-corrected chi connectivity index (χ4v) is 2.50. The monoisotopic (exact) mass is 289 g/mol. The van der Waals surface area contributed by atoms with E-state index in [1.807, 2.05) is 18.2 Å². The molecule has 1 aromatic rings. The van der Waals surface area contributed by atoms with Crippen molar-refractivity contribution in [2.24, 2.45) is 11.7 Å². The van der Waals surface area contributed by atoms with Gasteiger partial charge >= 0.3 is 0 Å². The molecule has 0 fully saturated rings. The molecule has 0 saturated heterocycles. The maximum atomic E-state index is 6.19. The molecule has 3 heteroatoms. The summed E-state index contributed by atoms with van der Waals surface area (Å²) in [6.07, 6.45) is 0. The van der Waals surface area contributed by atoms with Gasteiger partial charge in [-0.05, 0) is 29.5 Å². The zero-order valence-electron chi connectivity index (χ0n) is 9.30. The van der Waals surface area contributed by atoms with Gasteiger partial charge in [0, 0.05) is 15.5 Å². The Labute approximate surface area is 105 Å². The van der Waals surface area contributed by atoms with Crippen molar-refractivity contribution in [2.75, 3.05) is 0 Å². The van der Waals surface area contributed by atoms with Gasteiger partial charge in [-0.15, -0.1) is 0 Å². The van der Waals surface area contributed by atoms with Gasteiger partial charge in [-0.2, -0.15) is 0 Å². The van der Waals surface area contributed by atoms with Gasteiger partial charge in [-0.1, -0.05) is 54.4 Å². The first kappa shape index (κ1) is 13.0. The summed E-state index contributed by atoms with van der Waals surface area (Å²) in [5.74, 6) is 0.741. The smallest absolute Gasteiger partial charge is 0.0452 e. The second-order valence-corrected chi connectivity index (χ2v) is 5.60. The third kappa shape index (κ3) is 3.20. The topological polar surface area (TPSA) is 26.0 Å². The summed E-state index contributed by atoms with van der Waals surface area (Å²) < 4.78 is 1.00. The Morgan fingerprint density at radius 2 is 1.87 bits per heavy atom. The Bertz CT molecular complexity index is 338. The third-order valence-electron chi connectivity index (χ3n) is 2.80. The van der Waals surface area contributed by atoms with Crippen LogP contribution in [0.3, 0.4) is 0 Å². The van der Waals surface area contributed by atoms with Gasteiger partial charge in [0.2, 0.25) is 0 Å². The van der Waals surface area contributed by atoms with E-state index >= 15 is 0 Å². The van der Waals surface area contributed by atoms with Crippen LogP contribution < -0.4 is 5.73 Å². The van der Waals surface area contributed by atoms with Gasteiger partial charge < -0.3 is 5.73 Å². The van der Waals surface area contributed by atoms with Crippen molar-refractivity contribution < 1.29 is 0 Å². The van der Waals surface area contributed by atoms with E-state index in [0.29, 0.717) is 5.92 Å². The predicted molar refractivity (Wildman–Crippen MR) is 70.4 cm³/mol. The molecular weight excluding hydrogens is 273 g/mol. The summed E-state index contributed by atoms with van der Waals surface area (Å²) in [4.78, 5) is 0. The van der Waals surface area contributed by atoms with E-state index in [4.69, 9.17) is 17.3 Å². The van der Waals surface area contributed by atoms with E-state index in [1.54, 1.807) is 0 Å². The highest BCUT2D eigenvalue weighted by Gasteiger charge is 2.19. The number of hydrogen-bond acceptors (Lipinski definition) is 1. The lowest BCUT2D eigenvalue weighted by atomic mass is 9.87. The number of rotatable bonds is 3. The van der Waals surface area contributed by atoms with Crippen LogP contribution in [0.15, 0.2) is 22.7 Å². The Kier molecular flexibility index (Phi) is 4.63. The third-order valence-corrected chi connectivity index (χ3v) is 3.62. The highest BCUT2D eigenvalue weighted by molar-refractivity contribution is 9.10. The summed E-state index contributed by atoms with van der Waals surface area (Å²) >= 11 is 9.58. The number of nitrogens with two attached hydrogens (primary N) is 1. The van der Waals surface area contributed by atoms with Crippen LogP contribution in [0.4, 0.5) is 0 Å². The molecule has 0 bridgehead atoms. The first-order valence-electron chi connectivity index (χ1n) is 5.14. The van der Waals surface area contributed by atoms with Gasteiger partial charge in [-0.3, -0.25) is 0 Å². The summed E-state index contributed by atoms with van der Waals surface area (Å²) in [5, 5.41) is 0.785. The molecule has 1 aromatic carbocycles. The Balaban J connectivity index is 2.96. The van der Waals surface area contributed by atoms with Crippen LogP contribution in [0, 0.1) is 5.92 Å². The molecule has 2 N–H and O–H groups in total. The van der Waals surface area contributed by atoms with Gasteiger partial charge in [-0.25, -0.2) is 0 Å². The average Bonchev–Trinajstić information content (AvgIpc) is 2.15. The highest BCUT2D eigenvalue weighted by Crippen LogP contribution is 2.30.